The van der Waals surface area contributed by atoms with Gasteiger partial charge in [0.1, 0.15) is 5.75 Å². The Morgan fingerprint density at radius 1 is 1.41 bits per heavy atom. The molecular formula is C16H18N4O6S. The minimum Gasteiger partial charge on any atom is -0.482 e. The van der Waals surface area contributed by atoms with E-state index in [2.05, 4.69) is 15.5 Å². The van der Waals surface area contributed by atoms with Crippen LogP contribution in [0.25, 0.3) is 0 Å². The van der Waals surface area contributed by atoms with E-state index in [1.807, 2.05) is 6.92 Å². The number of fused-ring (bicyclic) bond motifs is 1. The number of hydrogen-bond donors (Lipinski definition) is 2. The van der Waals surface area contributed by atoms with Gasteiger partial charge in [-0.15, -0.1) is 0 Å². The van der Waals surface area contributed by atoms with Gasteiger partial charge in [-0.05, 0) is 18.2 Å². The predicted molar refractivity (Wildman–Crippen MR) is 91.5 cm³/mol. The molecule has 0 unspecified atom stereocenters. The average molecular weight is 394 g/mol. The topological polar surface area (TPSA) is 135 Å². The molecule has 0 spiro atoms. The first kappa shape index (κ1) is 17.9. The third-order valence-corrected chi connectivity index (χ3v) is 6.46. The third kappa shape index (κ3) is 3.07. The van der Waals surface area contributed by atoms with Gasteiger partial charge in [-0.25, -0.2) is 8.42 Å². The number of carbonyl (C=O) groups is 1. The number of nitrogens with one attached hydrogen (secondary N) is 1. The Bertz CT molecular complexity index is 1000. The molecule has 2 aliphatic rings. The SMILES string of the molecule is CCc1noc([C@]2(O)CCN(S(=O)(=O)c3ccc4c(c3)NC(=O)CO4)C2)n1. The van der Waals surface area contributed by atoms with E-state index in [-0.39, 0.29) is 42.8 Å². The molecule has 1 saturated heterocycles. The second-order valence-electron chi connectivity index (χ2n) is 6.48. The van der Waals surface area contributed by atoms with Gasteiger partial charge >= 0.3 is 0 Å². The highest BCUT2D eigenvalue weighted by Crippen LogP contribution is 2.36. The molecule has 2 aliphatic heterocycles. The van der Waals surface area contributed by atoms with Crippen LogP contribution in [-0.4, -0.2) is 53.6 Å². The van der Waals surface area contributed by atoms with Crippen LogP contribution < -0.4 is 10.1 Å². The van der Waals surface area contributed by atoms with Crippen LogP contribution in [0.5, 0.6) is 5.75 Å². The van der Waals surface area contributed by atoms with Crippen LogP contribution in [-0.2, 0) is 26.8 Å². The molecule has 144 valence electrons. The zero-order valence-corrected chi connectivity index (χ0v) is 15.3. The van der Waals surface area contributed by atoms with Gasteiger partial charge in [0.25, 0.3) is 11.8 Å². The molecule has 0 aliphatic carbocycles. The molecule has 2 N–H and O–H groups in total. The minimum atomic E-state index is -3.89. The molecule has 1 amide bonds. The van der Waals surface area contributed by atoms with Crippen molar-refractivity contribution < 1.29 is 27.6 Å². The molecule has 0 bridgehead atoms. The third-order valence-electron chi connectivity index (χ3n) is 4.62. The van der Waals surface area contributed by atoms with E-state index >= 15 is 0 Å². The molecule has 11 heteroatoms. The zero-order valence-electron chi connectivity index (χ0n) is 14.5. The molecule has 1 aromatic heterocycles. The minimum absolute atomic E-state index is 0.00363. The quantitative estimate of drug-likeness (QED) is 0.753. The second kappa shape index (κ2) is 6.29. The molecule has 4 rings (SSSR count). The van der Waals surface area contributed by atoms with Crippen LogP contribution in [0.3, 0.4) is 0 Å². The number of rotatable bonds is 4. The Labute approximate surface area is 155 Å². The van der Waals surface area contributed by atoms with Crippen LogP contribution in [0.4, 0.5) is 5.69 Å². The zero-order chi connectivity index (χ0) is 19.2. The van der Waals surface area contributed by atoms with E-state index in [9.17, 15) is 18.3 Å². The number of carbonyl (C=O) groups excluding carboxylic acids is 1. The van der Waals surface area contributed by atoms with Gasteiger partial charge in [0, 0.05) is 19.4 Å². The fourth-order valence-electron chi connectivity index (χ4n) is 3.10. The van der Waals surface area contributed by atoms with Gasteiger partial charge in [-0.3, -0.25) is 4.79 Å². The lowest BCUT2D eigenvalue weighted by Crippen LogP contribution is -2.35. The summed E-state index contributed by atoms with van der Waals surface area (Å²) in [6.45, 7) is 1.65. The summed E-state index contributed by atoms with van der Waals surface area (Å²) in [5, 5.41) is 17.1. The molecule has 1 fully saturated rings. The molecule has 2 aromatic rings. The second-order valence-corrected chi connectivity index (χ2v) is 8.42. The van der Waals surface area contributed by atoms with Crippen molar-refractivity contribution in [3.05, 3.63) is 29.9 Å². The molecule has 1 atom stereocenters. The van der Waals surface area contributed by atoms with E-state index in [0.29, 0.717) is 23.7 Å². The van der Waals surface area contributed by atoms with Crippen molar-refractivity contribution in [1.82, 2.24) is 14.4 Å². The summed E-state index contributed by atoms with van der Waals surface area (Å²) in [4.78, 5) is 15.6. The fraction of sp³-hybridized carbons (Fsp3) is 0.438. The Morgan fingerprint density at radius 3 is 2.96 bits per heavy atom. The number of benzene rings is 1. The number of amides is 1. The van der Waals surface area contributed by atoms with Gasteiger partial charge in [-0.1, -0.05) is 12.1 Å². The molecule has 10 nitrogen and oxygen atoms in total. The number of β-amino-alcohol motifs (C(OH)–C–C–N with tert-alkyl or cyclic N) is 1. The molecule has 27 heavy (non-hydrogen) atoms. The van der Waals surface area contributed by atoms with Crippen molar-refractivity contribution in [1.29, 1.82) is 0 Å². The van der Waals surface area contributed by atoms with E-state index in [4.69, 9.17) is 9.26 Å². The van der Waals surface area contributed by atoms with E-state index in [1.165, 1.54) is 18.2 Å². The smallest absolute Gasteiger partial charge is 0.262 e. The lowest BCUT2D eigenvalue weighted by Gasteiger charge is -2.22. The molecule has 0 saturated carbocycles. The van der Waals surface area contributed by atoms with E-state index in [0.717, 1.165) is 4.31 Å². The van der Waals surface area contributed by atoms with Gasteiger partial charge in [-0.2, -0.15) is 9.29 Å². The van der Waals surface area contributed by atoms with Gasteiger partial charge in [0.05, 0.1) is 17.1 Å². The Hall–Kier alpha value is -2.50. The first-order chi connectivity index (χ1) is 12.8. The van der Waals surface area contributed by atoms with E-state index < -0.39 is 15.6 Å². The Kier molecular flexibility index (Phi) is 4.17. The molecule has 0 radical (unpaired) electrons. The van der Waals surface area contributed by atoms with Gasteiger partial charge in [0.2, 0.25) is 10.0 Å². The number of sulfonamides is 1. The number of hydrogen-bond acceptors (Lipinski definition) is 8. The van der Waals surface area contributed by atoms with Crippen LogP contribution in [0.2, 0.25) is 0 Å². The van der Waals surface area contributed by atoms with Crippen LogP contribution in [0.15, 0.2) is 27.6 Å². The number of aromatic nitrogens is 2. The first-order valence-electron chi connectivity index (χ1n) is 8.44. The fourth-order valence-corrected chi connectivity index (χ4v) is 4.62. The largest absolute Gasteiger partial charge is 0.482 e. The number of anilines is 1. The first-order valence-corrected chi connectivity index (χ1v) is 9.88. The molecular weight excluding hydrogens is 376 g/mol. The van der Waals surface area contributed by atoms with Crippen molar-refractivity contribution in [2.45, 2.75) is 30.3 Å². The van der Waals surface area contributed by atoms with Crippen LogP contribution >= 0.6 is 0 Å². The summed E-state index contributed by atoms with van der Waals surface area (Å²) in [6, 6.07) is 4.25. The summed E-state index contributed by atoms with van der Waals surface area (Å²) in [6.07, 6.45) is 0.687. The summed E-state index contributed by atoms with van der Waals surface area (Å²) < 4.78 is 37.5. The molecule has 3 heterocycles. The van der Waals surface area contributed by atoms with Crippen LogP contribution in [0, 0.1) is 0 Å². The maximum atomic E-state index is 13.0. The lowest BCUT2D eigenvalue weighted by molar-refractivity contribution is -0.118. The summed E-state index contributed by atoms with van der Waals surface area (Å²) in [5.41, 5.74) is -1.23. The Morgan fingerprint density at radius 2 is 2.22 bits per heavy atom. The predicted octanol–water partition coefficient (Wildman–Crippen LogP) is 0.245. The van der Waals surface area contributed by atoms with Crippen molar-refractivity contribution in [3.63, 3.8) is 0 Å². The maximum Gasteiger partial charge on any atom is 0.262 e. The van der Waals surface area contributed by atoms with Gasteiger partial charge < -0.3 is 19.7 Å². The summed E-state index contributed by atoms with van der Waals surface area (Å²) in [5.74, 6) is 0.522. The molecule has 1 aromatic carbocycles. The monoisotopic (exact) mass is 394 g/mol. The highest BCUT2D eigenvalue weighted by Gasteiger charge is 2.46. The van der Waals surface area contributed by atoms with Gasteiger partial charge in [0.15, 0.2) is 18.0 Å². The number of ether oxygens (including phenoxy) is 1. The van der Waals surface area contributed by atoms with Crippen molar-refractivity contribution in [2.75, 3.05) is 25.0 Å². The number of aryl methyl sites for hydroxylation is 1. The lowest BCUT2D eigenvalue weighted by atomic mass is 10.0. The number of nitrogens with zero attached hydrogens (tertiary/aromatic N) is 3. The van der Waals surface area contributed by atoms with Crippen molar-refractivity contribution in [3.8, 4) is 5.75 Å². The number of aliphatic hydroxyl groups is 1. The average Bonchev–Trinajstić information content (AvgIpc) is 3.29. The summed E-state index contributed by atoms with van der Waals surface area (Å²) >= 11 is 0. The highest BCUT2D eigenvalue weighted by molar-refractivity contribution is 7.89. The van der Waals surface area contributed by atoms with Crippen molar-refractivity contribution >= 4 is 21.6 Å². The maximum absolute atomic E-state index is 13.0. The Balaban J connectivity index is 1.60. The normalized spacial score (nSPS) is 23.0. The van der Waals surface area contributed by atoms with Crippen LogP contribution in [0.1, 0.15) is 25.1 Å². The standard InChI is InChI=1S/C16H18N4O6S/c1-2-13-18-15(26-19-13)16(22)5-6-20(9-16)27(23,24)10-3-4-12-11(7-10)17-14(21)8-25-12/h3-4,7,22H,2,5-6,8-9H2,1H3,(H,17,21)/t16-/m0/s1. The van der Waals surface area contributed by atoms with Crippen molar-refractivity contribution in [2.24, 2.45) is 0 Å². The van der Waals surface area contributed by atoms with E-state index in [1.54, 1.807) is 0 Å². The summed E-state index contributed by atoms with van der Waals surface area (Å²) in [7, 11) is -3.89. The highest BCUT2D eigenvalue weighted by atomic mass is 32.2.